The van der Waals surface area contributed by atoms with E-state index in [0.29, 0.717) is 6.42 Å². The summed E-state index contributed by atoms with van der Waals surface area (Å²) in [7, 11) is 0. The van der Waals surface area contributed by atoms with Gasteiger partial charge in [0.05, 0.1) is 0 Å². The number of urea groups is 1. The van der Waals surface area contributed by atoms with Crippen LogP contribution < -0.4 is 10.6 Å². The number of carbonyl (C=O) groups excluding carboxylic acids is 1. The molecule has 5 nitrogen and oxygen atoms in total. The lowest BCUT2D eigenvalue weighted by atomic mass is 9.92. The quantitative estimate of drug-likeness (QED) is 0.703. The average Bonchev–Trinajstić information content (AvgIpc) is 2.56. The predicted molar refractivity (Wildman–Crippen MR) is 93.5 cm³/mol. The van der Waals surface area contributed by atoms with Gasteiger partial charge in [-0.3, -0.25) is 0 Å². The molecule has 0 bridgehead atoms. The highest BCUT2D eigenvalue weighted by molar-refractivity contribution is 5.75. The van der Waals surface area contributed by atoms with Gasteiger partial charge in [0.1, 0.15) is 0 Å². The highest BCUT2D eigenvalue weighted by atomic mass is 16.3. The maximum absolute atomic E-state index is 12.2. The van der Waals surface area contributed by atoms with Crippen molar-refractivity contribution in [1.29, 1.82) is 0 Å². The van der Waals surface area contributed by atoms with Gasteiger partial charge in [0.15, 0.2) is 0 Å². The largest absolute Gasteiger partial charge is 0.396 e. The fourth-order valence-corrected chi connectivity index (χ4v) is 3.93. The minimum atomic E-state index is -0.318. The van der Waals surface area contributed by atoms with Crippen LogP contribution in [-0.4, -0.2) is 53.4 Å². The van der Waals surface area contributed by atoms with Crippen molar-refractivity contribution in [2.45, 2.75) is 89.3 Å². The molecule has 23 heavy (non-hydrogen) atoms. The summed E-state index contributed by atoms with van der Waals surface area (Å²) >= 11 is 0. The number of piperidine rings is 1. The molecule has 1 atom stereocenters. The van der Waals surface area contributed by atoms with Gasteiger partial charge in [0.25, 0.3) is 0 Å². The number of nitrogens with one attached hydrogen (secondary N) is 2. The fourth-order valence-electron chi connectivity index (χ4n) is 3.93. The number of likely N-dealkylation sites (tertiary alicyclic amines) is 1. The van der Waals surface area contributed by atoms with Crippen LogP contribution in [0.15, 0.2) is 0 Å². The van der Waals surface area contributed by atoms with E-state index in [1.807, 2.05) is 13.8 Å². The maximum atomic E-state index is 12.2. The molecule has 0 radical (unpaired) electrons. The molecule has 1 aliphatic carbocycles. The third-order valence-electron chi connectivity index (χ3n) is 5.82. The van der Waals surface area contributed by atoms with E-state index in [2.05, 4.69) is 15.5 Å². The first-order valence-electron chi connectivity index (χ1n) is 9.50. The normalized spacial score (nSPS) is 24.1. The molecule has 1 saturated carbocycles. The lowest BCUT2D eigenvalue weighted by Crippen LogP contribution is -2.55. The second-order valence-electron chi connectivity index (χ2n) is 7.59. The highest BCUT2D eigenvalue weighted by Gasteiger charge is 2.28. The standard InChI is InChI=1S/C18H35N3O2/c1-3-18(2,11-14-22)20-17(23)19-15-9-12-21(13-10-15)16-7-5-4-6-8-16/h15-16,22H,3-14H2,1-2H3,(H2,19,20,23). The number of rotatable bonds is 6. The van der Waals surface area contributed by atoms with E-state index in [-0.39, 0.29) is 24.2 Å². The summed E-state index contributed by atoms with van der Waals surface area (Å²) in [6, 6.07) is 0.982. The molecule has 5 heteroatoms. The zero-order chi connectivity index (χ0) is 16.7. The molecule has 0 aromatic heterocycles. The summed E-state index contributed by atoms with van der Waals surface area (Å²) in [6.07, 6.45) is 10.4. The topological polar surface area (TPSA) is 64.6 Å². The first kappa shape index (κ1) is 18.5. The predicted octanol–water partition coefficient (Wildman–Crippen LogP) is 2.63. The second kappa shape index (κ2) is 8.88. The zero-order valence-electron chi connectivity index (χ0n) is 14.9. The van der Waals surface area contributed by atoms with Crippen molar-refractivity contribution in [3.05, 3.63) is 0 Å². The molecule has 0 aromatic rings. The van der Waals surface area contributed by atoms with E-state index in [1.54, 1.807) is 0 Å². The van der Waals surface area contributed by atoms with Crippen molar-refractivity contribution in [3.8, 4) is 0 Å². The third-order valence-corrected chi connectivity index (χ3v) is 5.82. The molecule has 0 spiro atoms. The molecule has 2 amide bonds. The van der Waals surface area contributed by atoms with Crippen LogP contribution in [0.5, 0.6) is 0 Å². The number of nitrogens with zero attached hydrogens (tertiary/aromatic N) is 1. The lowest BCUT2D eigenvalue weighted by molar-refractivity contribution is 0.116. The Hall–Kier alpha value is -0.810. The Balaban J connectivity index is 1.72. The number of aliphatic hydroxyl groups is 1. The molecule has 2 rings (SSSR count). The van der Waals surface area contributed by atoms with Gasteiger partial charge in [0.2, 0.25) is 0 Å². The summed E-state index contributed by atoms with van der Waals surface area (Å²) in [6.45, 7) is 6.35. The molecule has 134 valence electrons. The molecule has 3 N–H and O–H groups in total. The smallest absolute Gasteiger partial charge is 0.315 e. The summed E-state index contributed by atoms with van der Waals surface area (Å²) in [5.41, 5.74) is -0.318. The van der Waals surface area contributed by atoms with Crippen LogP contribution in [-0.2, 0) is 0 Å². The van der Waals surface area contributed by atoms with Gasteiger partial charge in [-0.25, -0.2) is 4.79 Å². The first-order valence-corrected chi connectivity index (χ1v) is 9.50. The molecule has 1 aliphatic heterocycles. The highest BCUT2D eigenvalue weighted by Crippen LogP contribution is 2.25. The number of carbonyl (C=O) groups is 1. The second-order valence-corrected chi connectivity index (χ2v) is 7.59. The van der Waals surface area contributed by atoms with E-state index in [9.17, 15) is 4.79 Å². The average molecular weight is 325 g/mol. The Morgan fingerprint density at radius 1 is 1.17 bits per heavy atom. The molecule has 0 aromatic carbocycles. The summed E-state index contributed by atoms with van der Waals surface area (Å²) in [5.74, 6) is 0. The Labute approximate surface area is 141 Å². The van der Waals surface area contributed by atoms with Crippen molar-refractivity contribution in [3.63, 3.8) is 0 Å². The van der Waals surface area contributed by atoms with Gasteiger partial charge in [-0.15, -0.1) is 0 Å². The van der Waals surface area contributed by atoms with Gasteiger partial charge in [-0.1, -0.05) is 26.2 Å². The molecule has 1 saturated heterocycles. The van der Waals surface area contributed by atoms with Crippen LogP contribution in [0.2, 0.25) is 0 Å². The Bertz CT molecular complexity index is 363. The van der Waals surface area contributed by atoms with E-state index < -0.39 is 0 Å². The fraction of sp³-hybridized carbons (Fsp3) is 0.944. The zero-order valence-corrected chi connectivity index (χ0v) is 14.9. The molecule has 1 unspecified atom stereocenters. The van der Waals surface area contributed by atoms with Crippen molar-refractivity contribution in [2.75, 3.05) is 19.7 Å². The molecule has 2 aliphatic rings. The number of aliphatic hydroxyl groups excluding tert-OH is 1. The van der Waals surface area contributed by atoms with Crippen LogP contribution in [0, 0.1) is 0 Å². The lowest BCUT2D eigenvalue weighted by Gasteiger charge is -2.39. The van der Waals surface area contributed by atoms with E-state index >= 15 is 0 Å². The molecule has 2 fully saturated rings. The van der Waals surface area contributed by atoms with Crippen LogP contribution in [0.1, 0.15) is 71.6 Å². The van der Waals surface area contributed by atoms with Crippen molar-refractivity contribution < 1.29 is 9.90 Å². The summed E-state index contributed by atoms with van der Waals surface area (Å²) < 4.78 is 0. The number of hydrogen-bond acceptors (Lipinski definition) is 3. The Morgan fingerprint density at radius 3 is 2.39 bits per heavy atom. The van der Waals surface area contributed by atoms with E-state index in [1.165, 1.54) is 32.1 Å². The van der Waals surface area contributed by atoms with Gasteiger partial charge in [-0.2, -0.15) is 0 Å². The minimum Gasteiger partial charge on any atom is -0.396 e. The van der Waals surface area contributed by atoms with Crippen LogP contribution >= 0.6 is 0 Å². The maximum Gasteiger partial charge on any atom is 0.315 e. The summed E-state index contributed by atoms with van der Waals surface area (Å²) in [5, 5.41) is 15.3. The molecule has 1 heterocycles. The SMILES string of the molecule is CCC(C)(CCO)NC(=O)NC1CCN(C2CCCCC2)CC1. The number of hydrogen-bond donors (Lipinski definition) is 3. The molecular formula is C18H35N3O2. The summed E-state index contributed by atoms with van der Waals surface area (Å²) in [4.78, 5) is 14.9. The van der Waals surface area contributed by atoms with E-state index in [4.69, 9.17) is 5.11 Å². The van der Waals surface area contributed by atoms with Gasteiger partial charge < -0.3 is 20.6 Å². The van der Waals surface area contributed by atoms with Crippen LogP contribution in [0.25, 0.3) is 0 Å². The van der Waals surface area contributed by atoms with Crippen molar-refractivity contribution in [2.24, 2.45) is 0 Å². The third kappa shape index (κ3) is 5.64. The minimum absolute atomic E-state index is 0.0843. The van der Waals surface area contributed by atoms with Crippen molar-refractivity contribution in [1.82, 2.24) is 15.5 Å². The molecular weight excluding hydrogens is 290 g/mol. The first-order chi connectivity index (χ1) is 11.1. The van der Waals surface area contributed by atoms with Crippen molar-refractivity contribution >= 4 is 6.03 Å². The Morgan fingerprint density at radius 2 is 1.83 bits per heavy atom. The van der Waals surface area contributed by atoms with Gasteiger partial charge in [-0.05, 0) is 45.4 Å². The Kier molecular flexibility index (Phi) is 7.15. The van der Waals surface area contributed by atoms with Gasteiger partial charge >= 0.3 is 6.03 Å². The van der Waals surface area contributed by atoms with Crippen LogP contribution in [0.3, 0.4) is 0 Å². The monoisotopic (exact) mass is 325 g/mol. The number of amides is 2. The van der Waals surface area contributed by atoms with E-state index in [0.717, 1.165) is 38.4 Å². The van der Waals surface area contributed by atoms with Gasteiger partial charge in [0, 0.05) is 37.3 Å². The van der Waals surface area contributed by atoms with Crippen LogP contribution in [0.4, 0.5) is 4.79 Å².